The van der Waals surface area contributed by atoms with Gasteiger partial charge in [-0.3, -0.25) is 14.4 Å². The maximum absolute atomic E-state index is 13.3. The minimum absolute atomic E-state index is 0.0941. The molecular weight excluding hydrogens is 428 g/mol. The van der Waals surface area contributed by atoms with Gasteiger partial charge in [-0.25, -0.2) is 4.90 Å². The number of aromatic nitrogens is 2. The van der Waals surface area contributed by atoms with E-state index >= 15 is 0 Å². The molecule has 0 fully saturated rings. The average Bonchev–Trinajstić information content (AvgIpc) is 3.51. The van der Waals surface area contributed by atoms with E-state index in [2.05, 4.69) is 15.6 Å². The molecule has 11 nitrogen and oxygen atoms in total. The maximum atomic E-state index is 13.3. The average molecular weight is 446 g/mol. The van der Waals surface area contributed by atoms with Crippen LogP contribution in [0.1, 0.15) is 21.8 Å². The smallest absolute Gasteiger partial charge is 0.255 e. The number of primary amides is 1. The number of rotatable bonds is 7. The standard InChI is InChI=1S/C22H18N6O5/c23-15-3-1-2-4-16(15)25-21(30)14-7-5-13(6-8-14)19(20(24)29)22(31)28(17-9-11-32-26-17)18-10-12-33-27-18/h1-12,19H,23H2,(H2,24,29)(H,25,30). The van der Waals surface area contributed by atoms with E-state index in [0.29, 0.717) is 16.9 Å². The number of carbonyl (C=O) groups is 3. The summed E-state index contributed by atoms with van der Waals surface area (Å²) in [4.78, 5) is 39.2. The zero-order valence-electron chi connectivity index (χ0n) is 17.0. The fourth-order valence-corrected chi connectivity index (χ4v) is 3.18. The molecule has 0 aliphatic heterocycles. The number of nitrogens with zero attached hydrogens (tertiary/aromatic N) is 3. The summed E-state index contributed by atoms with van der Waals surface area (Å²) in [6.45, 7) is 0. The second-order valence-corrected chi connectivity index (χ2v) is 6.89. The number of nitrogen functional groups attached to an aromatic ring is 1. The van der Waals surface area contributed by atoms with Gasteiger partial charge in [0.1, 0.15) is 18.4 Å². The first-order valence-corrected chi connectivity index (χ1v) is 9.65. The van der Waals surface area contributed by atoms with Crippen molar-refractivity contribution in [3.63, 3.8) is 0 Å². The Bertz CT molecular complexity index is 1230. The van der Waals surface area contributed by atoms with Crippen LogP contribution in [-0.2, 0) is 9.59 Å². The molecule has 1 atom stereocenters. The van der Waals surface area contributed by atoms with Gasteiger partial charge in [0.25, 0.3) is 11.8 Å². The highest BCUT2D eigenvalue weighted by molar-refractivity contribution is 6.14. The van der Waals surface area contributed by atoms with E-state index in [1.807, 2.05) is 0 Å². The number of anilines is 4. The predicted molar refractivity (Wildman–Crippen MR) is 117 cm³/mol. The van der Waals surface area contributed by atoms with Gasteiger partial charge in [-0.1, -0.05) is 34.6 Å². The van der Waals surface area contributed by atoms with Gasteiger partial charge in [0.15, 0.2) is 11.6 Å². The van der Waals surface area contributed by atoms with Gasteiger partial charge >= 0.3 is 0 Å². The van der Waals surface area contributed by atoms with Crippen molar-refractivity contribution in [2.75, 3.05) is 16.0 Å². The van der Waals surface area contributed by atoms with Crippen molar-refractivity contribution in [3.8, 4) is 0 Å². The quantitative estimate of drug-likeness (QED) is 0.287. The van der Waals surface area contributed by atoms with E-state index < -0.39 is 23.6 Å². The minimum Gasteiger partial charge on any atom is -0.397 e. The Kier molecular flexibility index (Phi) is 5.85. The lowest BCUT2D eigenvalue weighted by Gasteiger charge is -2.21. The van der Waals surface area contributed by atoms with Crippen LogP contribution >= 0.6 is 0 Å². The monoisotopic (exact) mass is 446 g/mol. The zero-order valence-corrected chi connectivity index (χ0v) is 17.0. The number of carbonyl (C=O) groups excluding carboxylic acids is 3. The number of hydrogen-bond acceptors (Lipinski definition) is 8. The number of hydrogen-bond donors (Lipinski definition) is 3. The number of nitrogens with one attached hydrogen (secondary N) is 1. The van der Waals surface area contributed by atoms with Gasteiger partial charge in [-0.2, -0.15) is 0 Å². The Morgan fingerprint density at radius 2 is 1.48 bits per heavy atom. The third-order valence-electron chi connectivity index (χ3n) is 4.77. The Morgan fingerprint density at radius 1 is 0.879 bits per heavy atom. The molecule has 0 saturated heterocycles. The second kappa shape index (κ2) is 9.06. The fraction of sp³-hybridized carbons (Fsp3) is 0.0455. The molecule has 1 unspecified atom stereocenters. The van der Waals surface area contributed by atoms with E-state index in [-0.39, 0.29) is 17.2 Å². The van der Waals surface area contributed by atoms with Crippen molar-refractivity contribution in [1.29, 1.82) is 0 Å². The molecule has 166 valence electrons. The molecule has 0 aliphatic rings. The third-order valence-corrected chi connectivity index (χ3v) is 4.77. The summed E-state index contributed by atoms with van der Waals surface area (Å²) in [5.74, 6) is -3.23. The molecule has 2 aromatic carbocycles. The molecule has 0 spiro atoms. The Hall–Kier alpha value is -4.93. The van der Waals surface area contributed by atoms with Gasteiger partial charge in [-0.05, 0) is 29.8 Å². The highest BCUT2D eigenvalue weighted by atomic mass is 16.5. The first-order chi connectivity index (χ1) is 16.0. The van der Waals surface area contributed by atoms with Crippen molar-refractivity contribution in [3.05, 3.63) is 84.3 Å². The SMILES string of the molecule is NC(=O)C(C(=O)N(c1ccon1)c1ccon1)c1ccc(C(=O)Nc2ccccc2N)cc1. The highest BCUT2D eigenvalue weighted by Crippen LogP contribution is 2.28. The maximum Gasteiger partial charge on any atom is 0.255 e. The van der Waals surface area contributed by atoms with Crippen LogP contribution in [0, 0.1) is 0 Å². The van der Waals surface area contributed by atoms with Crippen LogP contribution in [0.25, 0.3) is 0 Å². The lowest BCUT2D eigenvalue weighted by Crippen LogP contribution is -2.38. The van der Waals surface area contributed by atoms with Crippen LogP contribution in [0.2, 0.25) is 0 Å². The Balaban J connectivity index is 1.60. The number of nitrogens with two attached hydrogens (primary N) is 2. The molecule has 0 radical (unpaired) electrons. The minimum atomic E-state index is -1.39. The zero-order chi connectivity index (χ0) is 23.4. The fourth-order valence-electron chi connectivity index (χ4n) is 3.18. The van der Waals surface area contributed by atoms with Gasteiger partial charge in [0.05, 0.1) is 11.4 Å². The Labute approximate surface area is 186 Å². The second-order valence-electron chi connectivity index (χ2n) is 6.89. The van der Waals surface area contributed by atoms with E-state index in [4.69, 9.17) is 20.5 Å². The lowest BCUT2D eigenvalue weighted by atomic mass is 9.95. The van der Waals surface area contributed by atoms with Gasteiger partial charge in [0, 0.05) is 17.7 Å². The van der Waals surface area contributed by atoms with Crippen molar-refractivity contribution in [2.24, 2.45) is 5.73 Å². The molecule has 2 heterocycles. The molecule has 4 rings (SSSR count). The topological polar surface area (TPSA) is 171 Å². The van der Waals surface area contributed by atoms with Gasteiger partial charge < -0.3 is 25.8 Å². The largest absolute Gasteiger partial charge is 0.397 e. The van der Waals surface area contributed by atoms with Crippen molar-refractivity contribution >= 4 is 40.7 Å². The van der Waals surface area contributed by atoms with Crippen LogP contribution in [0.4, 0.5) is 23.0 Å². The van der Waals surface area contributed by atoms with E-state index in [1.54, 1.807) is 24.3 Å². The summed E-state index contributed by atoms with van der Waals surface area (Å²) >= 11 is 0. The third kappa shape index (κ3) is 4.42. The van der Waals surface area contributed by atoms with Gasteiger partial charge in [0.2, 0.25) is 5.91 Å². The molecular formula is C22H18N6O5. The molecule has 0 aliphatic carbocycles. The first kappa shape index (κ1) is 21.3. The van der Waals surface area contributed by atoms with Crippen molar-refractivity contribution < 1.29 is 23.4 Å². The van der Waals surface area contributed by atoms with E-state index in [0.717, 1.165) is 4.90 Å². The summed E-state index contributed by atoms with van der Waals surface area (Å²) < 4.78 is 9.63. The van der Waals surface area contributed by atoms with Crippen LogP contribution in [0.15, 0.2) is 82.2 Å². The first-order valence-electron chi connectivity index (χ1n) is 9.65. The normalized spacial score (nSPS) is 11.5. The molecule has 5 N–H and O–H groups in total. The summed E-state index contributed by atoms with van der Waals surface area (Å²) in [7, 11) is 0. The van der Waals surface area contributed by atoms with Crippen LogP contribution in [-0.4, -0.2) is 28.0 Å². The number of amides is 3. The number of benzene rings is 2. The number of para-hydroxylation sites is 2. The molecule has 33 heavy (non-hydrogen) atoms. The molecule has 2 aromatic heterocycles. The lowest BCUT2D eigenvalue weighted by molar-refractivity contribution is -0.128. The van der Waals surface area contributed by atoms with Crippen LogP contribution < -0.4 is 21.7 Å². The Morgan fingerprint density at radius 3 is 2.00 bits per heavy atom. The summed E-state index contributed by atoms with van der Waals surface area (Å²) in [5.41, 5.74) is 12.9. The van der Waals surface area contributed by atoms with Crippen LogP contribution in [0.5, 0.6) is 0 Å². The summed E-state index contributed by atoms with van der Waals surface area (Å²) in [6.07, 6.45) is 2.53. The van der Waals surface area contributed by atoms with Crippen molar-refractivity contribution in [2.45, 2.75) is 5.92 Å². The van der Waals surface area contributed by atoms with Crippen LogP contribution in [0.3, 0.4) is 0 Å². The summed E-state index contributed by atoms with van der Waals surface area (Å²) in [5, 5.41) is 10.2. The van der Waals surface area contributed by atoms with E-state index in [9.17, 15) is 14.4 Å². The molecule has 11 heteroatoms. The van der Waals surface area contributed by atoms with E-state index in [1.165, 1.54) is 48.9 Å². The molecule has 0 bridgehead atoms. The molecule has 0 saturated carbocycles. The van der Waals surface area contributed by atoms with Gasteiger partial charge in [-0.15, -0.1) is 0 Å². The highest BCUT2D eigenvalue weighted by Gasteiger charge is 2.35. The summed E-state index contributed by atoms with van der Waals surface area (Å²) in [6, 6.07) is 15.6. The van der Waals surface area contributed by atoms with Crippen molar-refractivity contribution in [1.82, 2.24) is 10.3 Å². The molecule has 4 aromatic rings. The molecule has 3 amide bonds. The predicted octanol–water partition coefficient (Wildman–Crippen LogP) is 2.43.